The highest BCUT2D eigenvalue weighted by Crippen LogP contribution is 2.11. The molecule has 0 bridgehead atoms. The second-order valence-corrected chi connectivity index (χ2v) is 3.00. The van der Waals surface area contributed by atoms with E-state index in [1.807, 2.05) is 24.3 Å². The second kappa shape index (κ2) is 4.46. The highest BCUT2D eigenvalue weighted by molar-refractivity contribution is 5.72. The number of carbonyl (C=O) groups is 1. The van der Waals surface area contributed by atoms with Crippen LogP contribution in [-0.2, 0) is 0 Å². The van der Waals surface area contributed by atoms with E-state index in [-0.39, 0.29) is 0 Å². The van der Waals surface area contributed by atoms with Gasteiger partial charge in [0, 0.05) is 6.20 Å². The molecule has 1 amide bonds. The van der Waals surface area contributed by atoms with Gasteiger partial charge in [-0.1, -0.05) is 30.4 Å². The van der Waals surface area contributed by atoms with E-state index < -0.39 is 6.09 Å². The summed E-state index contributed by atoms with van der Waals surface area (Å²) in [5, 5.41) is 0. The van der Waals surface area contributed by atoms with Gasteiger partial charge in [0.2, 0.25) is 0 Å². The molecule has 0 atom stereocenters. The Morgan fingerprint density at radius 3 is 2.80 bits per heavy atom. The van der Waals surface area contributed by atoms with E-state index in [0.717, 1.165) is 6.42 Å². The van der Waals surface area contributed by atoms with E-state index in [9.17, 15) is 4.79 Å². The number of rotatable bonds is 1. The molecule has 1 aromatic carbocycles. The molecule has 1 heterocycles. The number of carbonyl (C=O) groups excluding carboxylic acids is 1. The zero-order valence-electron chi connectivity index (χ0n) is 8.09. The first kappa shape index (κ1) is 9.52. The lowest BCUT2D eigenvalue weighted by atomic mass is 10.3. The summed E-state index contributed by atoms with van der Waals surface area (Å²) in [5.74, 6) is 0.531. The van der Waals surface area contributed by atoms with Crippen molar-refractivity contribution in [3.05, 3.63) is 54.9 Å². The van der Waals surface area contributed by atoms with Gasteiger partial charge in [0.15, 0.2) is 0 Å². The Balaban J connectivity index is 2.01. The van der Waals surface area contributed by atoms with Gasteiger partial charge in [-0.3, -0.25) is 4.90 Å². The number of hydrogen-bond donors (Lipinski definition) is 0. The number of para-hydroxylation sites is 1. The van der Waals surface area contributed by atoms with Crippen molar-refractivity contribution in [3.63, 3.8) is 0 Å². The molecule has 0 aromatic heterocycles. The Hall–Kier alpha value is -2.03. The van der Waals surface area contributed by atoms with Gasteiger partial charge in [0.05, 0.1) is 6.20 Å². The van der Waals surface area contributed by atoms with Crippen molar-refractivity contribution in [1.29, 1.82) is 0 Å². The number of hydrogen-bond acceptors (Lipinski definition) is 2. The van der Waals surface area contributed by atoms with E-state index in [0.29, 0.717) is 5.75 Å². The molecular weight excluding hydrogens is 190 g/mol. The van der Waals surface area contributed by atoms with Crippen LogP contribution in [0.1, 0.15) is 6.42 Å². The summed E-state index contributed by atoms with van der Waals surface area (Å²) in [6, 6.07) is 8.96. The number of allylic oxidation sites excluding steroid dienone is 2. The fourth-order valence-corrected chi connectivity index (χ4v) is 1.18. The third-order valence-electron chi connectivity index (χ3n) is 1.88. The van der Waals surface area contributed by atoms with Crippen LogP contribution in [0, 0.1) is 6.20 Å². The average molecular weight is 200 g/mol. The minimum absolute atomic E-state index is 0.451. The summed E-state index contributed by atoms with van der Waals surface area (Å²) in [5.41, 5.74) is 0. The highest BCUT2D eigenvalue weighted by atomic mass is 16.6. The molecular formula is C12H10NO2. The van der Waals surface area contributed by atoms with Crippen molar-refractivity contribution in [3.8, 4) is 5.75 Å². The molecule has 0 aliphatic carbocycles. The van der Waals surface area contributed by atoms with Gasteiger partial charge in [0.25, 0.3) is 0 Å². The summed E-state index contributed by atoms with van der Waals surface area (Å²) >= 11 is 0. The van der Waals surface area contributed by atoms with Gasteiger partial charge in [-0.2, -0.15) is 0 Å². The predicted octanol–water partition coefficient (Wildman–Crippen LogP) is 2.72. The van der Waals surface area contributed by atoms with Crippen LogP contribution in [0.2, 0.25) is 0 Å². The van der Waals surface area contributed by atoms with E-state index in [2.05, 4.69) is 6.20 Å². The van der Waals surface area contributed by atoms with Gasteiger partial charge in [-0.25, -0.2) is 4.79 Å². The molecule has 1 aliphatic rings. The van der Waals surface area contributed by atoms with E-state index >= 15 is 0 Å². The first-order chi connectivity index (χ1) is 7.36. The van der Waals surface area contributed by atoms with Crippen LogP contribution in [-0.4, -0.2) is 11.0 Å². The first-order valence-corrected chi connectivity index (χ1v) is 4.67. The second-order valence-electron chi connectivity index (χ2n) is 3.00. The van der Waals surface area contributed by atoms with E-state index in [1.165, 1.54) is 4.90 Å². The molecule has 3 heteroatoms. The maximum Gasteiger partial charge on any atom is 0.423 e. The summed E-state index contributed by atoms with van der Waals surface area (Å²) in [6.07, 6.45) is 8.41. The molecule has 0 fully saturated rings. The van der Waals surface area contributed by atoms with Crippen LogP contribution >= 0.6 is 0 Å². The number of benzene rings is 1. The van der Waals surface area contributed by atoms with E-state index in [4.69, 9.17) is 4.74 Å². The zero-order chi connectivity index (χ0) is 10.5. The molecule has 1 radical (unpaired) electrons. The van der Waals surface area contributed by atoms with Crippen LogP contribution < -0.4 is 4.74 Å². The Kier molecular flexibility index (Phi) is 2.83. The Morgan fingerprint density at radius 2 is 2.13 bits per heavy atom. The van der Waals surface area contributed by atoms with Gasteiger partial charge in [-0.15, -0.1) is 0 Å². The molecule has 0 spiro atoms. The quantitative estimate of drug-likeness (QED) is 0.697. The predicted molar refractivity (Wildman–Crippen MR) is 55.9 cm³/mol. The molecule has 0 saturated carbocycles. The van der Waals surface area contributed by atoms with Gasteiger partial charge in [-0.05, 0) is 18.6 Å². The summed E-state index contributed by atoms with van der Waals surface area (Å²) in [7, 11) is 0. The topological polar surface area (TPSA) is 29.5 Å². The molecule has 75 valence electrons. The standard InChI is InChI=1S/C12H10NO2/c14-12(13-9-5-2-6-10-13)15-11-7-3-1-4-8-11/h1,3-9H,2H2. The Labute approximate surface area is 88.3 Å². The highest BCUT2D eigenvalue weighted by Gasteiger charge is 2.11. The first-order valence-electron chi connectivity index (χ1n) is 4.67. The molecule has 0 saturated heterocycles. The Bertz CT molecular complexity index is 383. The number of amides is 1. The minimum Gasteiger partial charge on any atom is -0.410 e. The Morgan fingerprint density at radius 1 is 1.33 bits per heavy atom. The van der Waals surface area contributed by atoms with Gasteiger partial charge >= 0.3 is 6.09 Å². The molecule has 15 heavy (non-hydrogen) atoms. The largest absolute Gasteiger partial charge is 0.423 e. The molecule has 3 nitrogen and oxygen atoms in total. The molecule has 1 aromatic rings. The minimum atomic E-state index is -0.451. The molecule has 0 unspecified atom stereocenters. The van der Waals surface area contributed by atoms with Crippen molar-refractivity contribution in [2.24, 2.45) is 0 Å². The van der Waals surface area contributed by atoms with Crippen molar-refractivity contribution in [2.75, 3.05) is 0 Å². The van der Waals surface area contributed by atoms with Crippen LogP contribution in [0.25, 0.3) is 0 Å². The third kappa shape index (κ3) is 2.47. The van der Waals surface area contributed by atoms with Crippen molar-refractivity contribution in [1.82, 2.24) is 4.90 Å². The van der Waals surface area contributed by atoms with Crippen molar-refractivity contribution < 1.29 is 9.53 Å². The fraction of sp³-hybridized carbons (Fsp3) is 0.0833. The maximum absolute atomic E-state index is 11.5. The van der Waals surface area contributed by atoms with Gasteiger partial charge in [0.1, 0.15) is 5.75 Å². The molecule has 0 N–H and O–H groups in total. The number of ether oxygens (including phenoxy) is 1. The lowest BCUT2D eigenvalue weighted by Gasteiger charge is -2.14. The summed E-state index contributed by atoms with van der Waals surface area (Å²) < 4.78 is 5.11. The zero-order valence-corrected chi connectivity index (χ0v) is 8.09. The summed E-state index contributed by atoms with van der Waals surface area (Å²) in [6.45, 7) is 0. The fourth-order valence-electron chi connectivity index (χ4n) is 1.18. The van der Waals surface area contributed by atoms with E-state index in [1.54, 1.807) is 24.4 Å². The third-order valence-corrected chi connectivity index (χ3v) is 1.88. The van der Waals surface area contributed by atoms with Gasteiger partial charge < -0.3 is 4.74 Å². The van der Waals surface area contributed by atoms with Crippen LogP contribution in [0.5, 0.6) is 5.75 Å². The number of nitrogens with zero attached hydrogens (tertiary/aromatic N) is 1. The van der Waals surface area contributed by atoms with Crippen molar-refractivity contribution >= 4 is 6.09 Å². The summed E-state index contributed by atoms with van der Waals surface area (Å²) in [4.78, 5) is 12.8. The maximum atomic E-state index is 11.5. The van der Waals surface area contributed by atoms with Crippen LogP contribution in [0.15, 0.2) is 48.7 Å². The SMILES string of the molecule is O=C(Oc1ccccc1)N1[C]=CCC=C1. The molecule has 1 aliphatic heterocycles. The van der Waals surface area contributed by atoms with Crippen molar-refractivity contribution in [2.45, 2.75) is 6.42 Å². The lowest BCUT2D eigenvalue weighted by Crippen LogP contribution is -2.25. The monoisotopic (exact) mass is 200 g/mol. The van der Waals surface area contributed by atoms with Crippen LogP contribution in [0.4, 0.5) is 4.79 Å². The average Bonchev–Trinajstić information content (AvgIpc) is 2.31. The smallest absolute Gasteiger partial charge is 0.410 e. The van der Waals surface area contributed by atoms with Crippen LogP contribution in [0.3, 0.4) is 0 Å². The molecule has 2 rings (SSSR count). The lowest BCUT2D eigenvalue weighted by molar-refractivity contribution is 0.180. The normalized spacial score (nSPS) is 14.0.